The Morgan fingerprint density at radius 2 is 0.886 bits per heavy atom. The molecule has 0 bridgehead atoms. The summed E-state index contributed by atoms with van der Waals surface area (Å²) in [6.07, 6.45) is 8.46. The number of carbonyl (C=O) groups excluding carboxylic acids is 2. The Kier molecular flexibility index (Phi) is 14.4. The molecule has 1 aliphatic carbocycles. The molecule has 1 fully saturated rings. The molecular weight excluding hydrogens is 556 g/mol. The van der Waals surface area contributed by atoms with E-state index in [0.717, 1.165) is 51.4 Å². The van der Waals surface area contributed by atoms with E-state index in [1.807, 2.05) is 50.2 Å². The molecule has 8 nitrogen and oxygen atoms in total. The third-order valence-electron chi connectivity index (χ3n) is 8.77. The lowest BCUT2D eigenvalue weighted by Crippen LogP contribution is -2.64. The number of carboxylic acid groups (broad SMARTS) is 2. The van der Waals surface area contributed by atoms with Crippen LogP contribution in [0.2, 0.25) is 0 Å². The largest absolute Gasteiger partial charge is 0.481 e. The first-order chi connectivity index (χ1) is 21.3. The van der Waals surface area contributed by atoms with Gasteiger partial charge in [0.05, 0.1) is 23.7 Å². The van der Waals surface area contributed by atoms with Gasteiger partial charge in [-0.2, -0.15) is 0 Å². The van der Waals surface area contributed by atoms with Gasteiger partial charge in [-0.1, -0.05) is 87.4 Å². The molecule has 44 heavy (non-hydrogen) atoms. The Labute approximate surface area is 262 Å². The van der Waals surface area contributed by atoms with Crippen molar-refractivity contribution in [2.45, 2.75) is 78.1 Å². The Morgan fingerprint density at radius 3 is 1.20 bits per heavy atom. The van der Waals surface area contributed by atoms with Gasteiger partial charge in [-0.3, -0.25) is 19.2 Å². The van der Waals surface area contributed by atoms with Gasteiger partial charge in [0.2, 0.25) is 11.8 Å². The number of aliphatic carboxylic acids is 2. The number of nitrogens with zero attached hydrogens (tertiary/aromatic N) is 2. The van der Waals surface area contributed by atoms with Crippen LogP contribution in [0.15, 0.2) is 60.7 Å². The average molecular weight is 607 g/mol. The highest BCUT2D eigenvalue weighted by Crippen LogP contribution is 2.48. The minimum atomic E-state index is -1.34. The summed E-state index contributed by atoms with van der Waals surface area (Å²) < 4.78 is 0. The van der Waals surface area contributed by atoms with Gasteiger partial charge in [0.25, 0.3) is 0 Å². The van der Waals surface area contributed by atoms with Gasteiger partial charge in [0.15, 0.2) is 0 Å². The van der Waals surface area contributed by atoms with E-state index in [4.69, 9.17) is 0 Å². The molecule has 0 atom stereocenters. The maximum atomic E-state index is 13.7. The van der Waals surface area contributed by atoms with E-state index in [0.29, 0.717) is 39.0 Å². The lowest BCUT2D eigenvalue weighted by atomic mass is 9.55. The SMILES string of the molecule is CCCN(CCCCCc1ccccc1)C(=O)C1C(C(=O)O)C(C(=O)N(CCC)CCCCCc2ccccc2)C1C(=O)O. The van der Waals surface area contributed by atoms with Crippen molar-refractivity contribution in [2.75, 3.05) is 26.2 Å². The summed E-state index contributed by atoms with van der Waals surface area (Å²) in [5, 5.41) is 20.3. The molecule has 0 aliphatic heterocycles. The van der Waals surface area contributed by atoms with Gasteiger partial charge in [-0.15, -0.1) is 0 Å². The maximum absolute atomic E-state index is 13.7. The van der Waals surface area contributed by atoms with Crippen LogP contribution in [0.3, 0.4) is 0 Å². The second-order valence-electron chi connectivity index (χ2n) is 12.0. The van der Waals surface area contributed by atoms with Crippen LogP contribution < -0.4 is 0 Å². The number of carbonyl (C=O) groups is 4. The van der Waals surface area contributed by atoms with Crippen molar-refractivity contribution in [3.05, 3.63) is 71.8 Å². The Morgan fingerprint density at radius 1 is 0.523 bits per heavy atom. The van der Waals surface area contributed by atoms with E-state index in [9.17, 15) is 29.4 Å². The van der Waals surface area contributed by atoms with E-state index in [-0.39, 0.29) is 0 Å². The molecule has 1 saturated carbocycles. The molecule has 3 rings (SSSR count). The molecule has 2 aromatic carbocycles. The Hall–Kier alpha value is -3.68. The van der Waals surface area contributed by atoms with Crippen LogP contribution in [-0.4, -0.2) is 69.9 Å². The highest BCUT2D eigenvalue weighted by Gasteiger charge is 2.64. The predicted molar refractivity (Wildman–Crippen MR) is 171 cm³/mol. The Balaban J connectivity index is 1.62. The zero-order valence-electron chi connectivity index (χ0n) is 26.4. The summed E-state index contributed by atoms with van der Waals surface area (Å²) in [5.74, 6) is -8.65. The van der Waals surface area contributed by atoms with Crippen molar-refractivity contribution in [2.24, 2.45) is 23.7 Å². The molecule has 8 heteroatoms. The highest BCUT2D eigenvalue weighted by molar-refractivity contribution is 5.99. The van der Waals surface area contributed by atoms with Crippen molar-refractivity contribution >= 4 is 23.8 Å². The fourth-order valence-electron chi connectivity index (χ4n) is 6.51. The first-order valence-corrected chi connectivity index (χ1v) is 16.4. The summed E-state index contributed by atoms with van der Waals surface area (Å²) in [6.45, 7) is 5.62. The van der Waals surface area contributed by atoms with Gasteiger partial charge in [0.1, 0.15) is 0 Å². The van der Waals surface area contributed by atoms with Crippen molar-refractivity contribution in [1.82, 2.24) is 9.80 Å². The molecule has 2 aromatic rings. The molecule has 0 aromatic heterocycles. The minimum absolute atomic E-state index is 0.427. The third kappa shape index (κ3) is 9.66. The quantitative estimate of drug-likeness (QED) is 0.180. The standard InChI is InChI=1S/C36H50N2O6/c1-3-23-37(25-15-7-13-21-27-17-9-5-10-18-27)33(39)29-31(35(41)42)30(32(29)36(43)44)34(40)38(24-4-2)26-16-8-14-22-28-19-11-6-12-20-28/h5-6,9-12,17-20,29-32H,3-4,7-8,13-16,21-26H2,1-2H3,(H,41,42)(H,43,44). The molecule has 0 spiro atoms. The van der Waals surface area contributed by atoms with Crippen molar-refractivity contribution in [3.8, 4) is 0 Å². The molecule has 0 unspecified atom stereocenters. The average Bonchev–Trinajstić information content (AvgIpc) is 2.99. The summed E-state index contributed by atoms with van der Waals surface area (Å²) in [5.41, 5.74) is 2.52. The van der Waals surface area contributed by atoms with E-state index < -0.39 is 47.4 Å². The molecular formula is C36H50N2O6. The second-order valence-corrected chi connectivity index (χ2v) is 12.0. The fraction of sp³-hybridized carbons (Fsp3) is 0.556. The number of carboxylic acids is 2. The van der Waals surface area contributed by atoms with Crippen LogP contribution in [0.1, 0.15) is 76.3 Å². The lowest BCUT2D eigenvalue weighted by Gasteiger charge is -2.48. The lowest BCUT2D eigenvalue weighted by molar-refractivity contribution is -0.187. The Bertz CT molecular complexity index is 1090. The van der Waals surface area contributed by atoms with E-state index in [2.05, 4.69) is 24.3 Å². The number of benzene rings is 2. The van der Waals surface area contributed by atoms with Crippen LogP contribution in [-0.2, 0) is 32.0 Å². The maximum Gasteiger partial charge on any atom is 0.308 e. The fourth-order valence-corrected chi connectivity index (χ4v) is 6.51. The van der Waals surface area contributed by atoms with Gasteiger partial charge < -0.3 is 20.0 Å². The van der Waals surface area contributed by atoms with Crippen LogP contribution >= 0.6 is 0 Å². The van der Waals surface area contributed by atoms with E-state index in [1.54, 1.807) is 9.80 Å². The number of hydrogen-bond donors (Lipinski definition) is 2. The summed E-state index contributed by atoms with van der Waals surface area (Å²) in [7, 11) is 0. The van der Waals surface area contributed by atoms with Crippen LogP contribution in [0.25, 0.3) is 0 Å². The molecule has 0 radical (unpaired) electrons. The summed E-state index contributed by atoms with van der Waals surface area (Å²) in [6, 6.07) is 20.4. The predicted octanol–water partition coefficient (Wildman–Crippen LogP) is 5.94. The van der Waals surface area contributed by atoms with Gasteiger partial charge in [0, 0.05) is 26.2 Å². The minimum Gasteiger partial charge on any atom is -0.481 e. The number of hydrogen-bond acceptors (Lipinski definition) is 4. The highest BCUT2D eigenvalue weighted by atomic mass is 16.4. The topological polar surface area (TPSA) is 115 Å². The van der Waals surface area contributed by atoms with Crippen molar-refractivity contribution in [1.29, 1.82) is 0 Å². The summed E-state index contributed by atoms with van der Waals surface area (Å²) in [4.78, 5) is 55.6. The molecule has 240 valence electrons. The first kappa shape index (κ1) is 34.8. The first-order valence-electron chi connectivity index (χ1n) is 16.4. The normalized spacial score (nSPS) is 19.1. The molecule has 2 amide bonds. The molecule has 2 N–H and O–H groups in total. The van der Waals surface area contributed by atoms with E-state index in [1.165, 1.54) is 11.1 Å². The number of aryl methyl sites for hydroxylation is 2. The zero-order valence-corrected chi connectivity index (χ0v) is 26.4. The van der Waals surface area contributed by atoms with Crippen LogP contribution in [0, 0.1) is 23.7 Å². The monoisotopic (exact) mass is 606 g/mol. The smallest absolute Gasteiger partial charge is 0.308 e. The number of rotatable bonds is 20. The van der Waals surface area contributed by atoms with Crippen molar-refractivity contribution < 1.29 is 29.4 Å². The van der Waals surface area contributed by atoms with Crippen LogP contribution in [0.4, 0.5) is 0 Å². The number of unbranched alkanes of at least 4 members (excludes halogenated alkanes) is 4. The molecule has 0 heterocycles. The summed E-state index contributed by atoms with van der Waals surface area (Å²) >= 11 is 0. The van der Waals surface area contributed by atoms with Gasteiger partial charge in [-0.25, -0.2) is 0 Å². The molecule has 0 saturated heterocycles. The van der Waals surface area contributed by atoms with Gasteiger partial charge in [-0.05, 0) is 62.5 Å². The zero-order chi connectivity index (χ0) is 31.9. The third-order valence-corrected chi connectivity index (χ3v) is 8.77. The van der Waals surface area contributed by atoms with Gasteiger partial charge >= 0.3 is 11.9 Å². The second kappa shape index (κ2) is 18.2. The van der Waals surface area contributed by atoms with Crippen LogP contribution in [0.5, 0.6) is 0 Å². The molecule has 1 aliphatic rings. The van der Waals surface area contributed by atoms with Crippen molar-refractivity contribution in [3.63, 3.8) is 0 Å². The number of amides is 2. The van der Waals surface area contributed by atoms with E-state index >= 15 is 0 Å².